The first kappa shape index (κ1) is 29.1. The largest absolute Gasteiger partial charge is 0.497 e. The van der Waals surface area contributed by atoms with E-state index in [2.05, 4.69) is 5.32 Å². The number of hydrogen-bond donors (Lipinski definition) is 1. The van der Waals surface area contributed by atoms with Crippen LogP contribution in [0.15, 0.2) is 42.5 Å². The number of carbonyl (C=O) groups is 2. The summed E-state index contributed by atoms with van der Waals surface area (Å²) in [6.07, 6.45) is 2.23. The second-order valence-corrected chi connectivity index (χ2v) is 11.0. The van der Waals surface area contributed by atoms with E-state index in [-0.39, 0.29) is 37.7 Å². The molecule has 2 aromatic carbocycles. The van der Waals surface area contributed by atoms with Gasteiger partial charge in [-0.05, 0) is 49.6 Å². The van der Waals surface area contributed by atoms with Gasteiger partial charge in [0, 0.05) is 32.1 Å². The molecule has 1 aliphatic heterocycles. The van der Waals surface area contributed by atoms with E-state index >= 15 is 0 Å². The number of ether oxygens (including phenoxy) is 3. The number of hydrogen-bond acceptors (Lipinski definition) is 7. The zero-order valence-electron chi connectivity index (χ0n) is 22.4. The van der Waals surface area contributed by atoms with E-state index < -0.39 is 16.1 Å². The summed E-state index contributed by atoms with van der Waals surface area (Å²) in [6, 6.07) is 11.6. The Morgan fingerprint density at radius 2 is 1.84 bits per heavy atom. The van der Waals surface area contributed by atoms with Crippen molar-refractivity contribution in [3.8, 4) is 17.2 Å². The first-order chi connectivity index (χ1) is 18.1. The molecule has 2 aromatic rings. The minimum atomic E-state index is -3.62. The van der Waals surface area contributed by atoms with Gasteiger partial charge in [0.05, 0.1) is 19.1 Å². The summed E-state index contributed by atoms with van der Waals surface area (Å²) in [7, 11) is -2.06. The third-order valence-electron chi connectivity index (χ3n) is 6.17. The molecule has 1 atom stereocenters. The second kappa shape index (κ2) is 13.4. The van der Waals surface area contributed by atoms with Gasteiger partial charge < -0.3 is 24.4 Å². The number of methoxy groups -OCH3 is 1. The average Bonchev–Trinajstić information content (AvgIpc) is 2.91. The van der Waals surface area contributed by atoms with Gasteiger partial charge in [0.25, 0.3) is 0 Å². The summed E-state index contributed by atoms with van der Waals surface area (Å²) in [5.41, 5.74) is 1.26. The Kier molecular flexibility index (Phi) is 10.2. The fourth-order valence-electron chi connectivity index (χ4n) is 4.14. The van der Waals surface area contributed by atoms with Gasteiger partial charge in [-0.25, -0.2) is 8.42 Å². The van der Waals surface area contributed by atoms with E-state index in [4.69, 9.17) is 14.2 Å². The zero-order valence-corrected chi connectivity index (χ0v) is 23.3. The summed E-state index contributed by atoms with van der Waals surface area (Å²) in [5.74, 6) is 1.21. The maximum absolute atomic E-state index is 13.4. The Hall–Kier alpha value is -3.47. The molecule has 11 heteroatoms. The van der Waals surface area contributed by atoms with Crippen molar-refractivity contribution in [2.75, 3.05) is 44.0 Å². The molecule has 0 fully saturated rings. The summed E-state index contributed by atoms with van der Waals surface area (Å²) in [4.78, 5) is 27.7. The zero-order chi connectivity index (χ0) is 27.7. The second-order valence-electron chi connectivity index (χ2n) is 9.11. The van der Waals surface area contributed by atoms with Gasteiger partial charge in [0.2, 0.25) is 21.8 Å². The average molecular weight is 548 g/mol. The van der Waals surface area contributed by atoms with E-state index in [1.807, 2.05) is 31.2 Å². The van der Waals surface area contributed by atoms with Crippen molar-refractivity contribution in [2.45, 2.75) is 45.7 Å². The molecule has 0 spiro atoms. The summed E-state index contributed by atoms with van der Waals surface area (Å²) >= 11 is 0. The standard InChI is InChI=1S/C27H37N3O7S/c1-5-13-28-27(32)20(2)29(19-21-8-6-9-23(17-21)35-3)26(31)10-7-14-30(38(4,33)34)22-11-12-24-25(18-22)37-16-15-36-24/h6,8-9,11-12,17-18,20H,5,7,10,13-16,19H2,1-4H3,(H,28,32)/t20-/m0/s1. The summed E-state index contributed by atoms with van der Waals surface area (Å²) < 4.78 is 42.9. The number of nitrogens with zero attached hydrogens (tertiary/aromatic N) is 2. The van der Waals surface area contributed by atoms with Crippen molar-refractivity contribution in [1.82, 2.24) is 10.2 Å². The number of nitrogens with one attached hydrogen (secondary N) is 1. The van der Waals surface area contributed by atoms with Crippen molar-refractivity contribution in [3.63, 3.8) is 0 Å². The van der Waals surface area contributed by atoms with Gasteiger partial charge >= 0.3 is 0 Å². The number of rotatable bonds is 13. The third-order valence-corrected chi connectivity index (χ3v) is 7.36. The molecule has 2 amide bonds. The molecule has 1 heterocycles. The van der Waals surface area contributed by atoms with E-state index in [1.165, 1.54) is 9.21 Å². The minimum absolute atomic E-state index is 0.0614. The predicted molar refractivity (Wildman–Crippen MR) is 145 cm³/mol. The van der Waals surface area contributed by atoms with Gasteiger partial charge in [0.15, 0.2) is 11.5 Å². The third kappa shape index (κ3) is 7.77. The molecule has 1 aliphatic rings. The first-order valence-corrected chi connectivity index (χ1v) is 14.6. The van der Waals surface area contributed by atoms with Crippen molar-refractivity contribution >= 4 is 27.5 Å². The van der Waals surface area contributed by atoms with E-state index in [9.17, 15) is 18.0 Å². The van der Waals surface area contributed by atoms with Crippen LogP contribution < -0.4 is 23.8 Å². The van der Waals surface area contributed by atoms with Crippen LogP contribution in [0.25, 0.3) is 0 Å². The van der Waals surface area contributed by atoms with Crippen LogP contribution in [0.5, 0.6) is 17.2 Å². The Morgan fingerprint density at radius 3 is 2.53 bits per heavy atom. The van der Waals surface area contributed by atoms with Crippen LogP contribution >= 0.6 is 0 Å². The van der Waals surface area contributed by atoms with Gasteiger partial charge in [-0.15, -0.1) is 0 Å². The number of carbonyl (C=O) groups excluding carboxylic acids is 2. The lowest BCUT2D eigenvalue weighted by Gasteiger charge is -2.29. The van der Waals surface area contributed by atoms with Gasteiger partial charge in [0.1, 0.15) is 25.0 Å². The van der Waals surface area contributed by atoms with E-state index in [0.717, 1.165) is 18.2 Å². The lowest BCUT2D eigenvalue weighted by molar-refractivity contribution is -0.140. The number of amides is 2. The number of benzene rings is 2. The number of sulfonamides is 1. The molecular weight excluding hydrogens is 510 g/mol. The van der Waals surface area contributed by atoms with Gasteiger partial charge in [-0.1, -0.05) is 19.1 Å². The molecule has 0 bridgehead atoms. The van der Waals surface area contributed by atoms with Crippen LogP contribution in [0.4, 0.5) is 5.69 Å². The van der Waals surface area contributed by atoms with Crippen LogP contribution in [0.1, 0.15) is 38.7 Å². The molecule has 10 nitrogen and oxygen atoms in total. The van der Waals surface area contributed by atoms with Crippen LogP contribution in [-0.2, 0) is 26.2 Å². The molecule has 0 saturated carbocycles. The van der Waals surface area contributed by atoms with E-state index in [0.29, 0.717) is 42.7 Å². The smallest absolute Gasteiger partial charge is 0.242 e. The van der Waals surface area contributed by atoms with Crippen molar-refractivity contribution < 1.29 is 32.2 Å². The fourth-order valence-corrected chi connectivity index (χ4v) is 5.09. The number of anilines is 1. The summed E-state index contributed by atoms with van der Waals surface area (Å²) in [6.45, 7) is 5.30. The Balaban J connectivity index is 1.74. The monoisotopic (exact) mass is 547 g/mol. The molecule has 38 heavy (non-hydrogen) atoms. The lowest BCUT2D eigenvalue weighted by atomic mass is 10.1. The van der Waals surface area contributed by atoms with Gasteiger partial charge in [-0.2, -0.15) is 0 Å². The normalized spacial score (nSPS) is 13.4. The SMILES string of the molecule is CCCNC(=O)[C@H](C)N(Cc1cccc(OC)c1)C(=O)CCCN(c1ccc2c(c1)OCCO2)S(C)(=O)=O. The molecule has 0 aromatic heterocycles. The minimum Gasteiger partial charge on any atom is -0.497 e. The first-order valence-electron chi connectivity index (χ1n) is 12.7. The highest BCUT2D eigenvalue weighted by atomic mass is 32.2. The van der Waals surface area contributed by atoms with E-state index in [1.54, 1.807) is 32.2 Å². The molecule has 0 saturated heterocycles. The molecular formula is C27H37N3O7S. The van der Waals surface area contributed by atoms with Crippen molar-refractivity contribution in [1.29, 1.82) is 0 Å². The van der Waals surface area contributed by atoms with Crippen molar-refractivity contribution in [2.24, 2.45) is 0 Å². The Morgan fingerprint density at radius 1 is 1.11 bits per heavy atom. The van der Waals surface area contributed by atoms with Crippen LogP contribution in [0, 0.1) is 0 Å². The highest BCUT2D eigenvalue weighted by molar-refractivity contribution is 7.92. The maximum Gasteiger partial charge on any atom is 0.242 e. The molecule has 3 rings (SSSR count). The molecule has 208 valence electrons. The lowest BCUT2D eigenvalue weighted by Crippen LogP contribution is -2.47. The quantitative estimate of drug-likeness (QED) is 0.410. The van der Waals surface area contributed by atoms with Crippen LogP contribution in [-0.4, -0.2) is 70.8 Å². The topological polar surface area (TPSA) is 114 Å². The summed E-state index contributed by atoms with van der Waals surface area (Å²) in [5, 5.41) is 2.85. The Bertz CT molecular complexity index is 1220. The predicted octanol–water partition coefficient (Wildman–Crippen LogP) is 2.96. The van der Waals surface area contributed by atoms with Crippen LogP contribution in [0.3, 0.4) is 0 Å². The molecule has 0 unspecified atom stereocenters. The Labute approximate surface area is 224 Å². The highest BCUT2D eigenvalue weighted by Crippen LogP contribution is 2.34. The molecule has 0 radical (unpaired) electrons. The van der Waals surface area contributed by atoms with Crippen LogP contribution in [0.2, 0.25) is 0 Å². The molecule has 0 aliphatic carbocycles. The van der Waals surface area contributed by atoms with Crippen molar-refractivity contribution in [3.05, 3.63) is 48.0 Å². The highest BCUT2D eigenvalue weighted by Gasteiger charge is 2.27. The fraction of sp³-hybridized carbons (Fsp3) is 0.481. The maximum atomic E-state index is 13.4. The van der Waals surface area contributed by atoms with Gasteiger partial charge in [-0.3, -0.25) is 13.9 Å². The molecule has 1 N–H and O–H groups in total. The number of fused-ring (bicyclic) bond motifs is 1.